The maximum atomic E-state index is 13.4. The van der Waals surface area contributed by atoms with Crippen molar-refractivity contribution >= 4 is 27.8 Å². The van der Waals surface area contributed by atoms with E-state index in [1.54, 1.807) is 0 Å². The minimum absolute atomic E-state index is 0.0823. The molecular formula is C18H12F4O3S. The largest absolute Gasteiger partial charge is 0.294 e. The van der Waals surface area contributed by atoms with Crippen molar-refractivity contribution < 1.29 is 30.8 Å². The fourth-order valence-electron chi connectivity index (χ4n) is 1.93. The number of halogens is 4. The number of carbonyl (C=O) groups is 1. The number of hydrogen-bond acceptors (Lipinski definition) is 3. The Labute approximate surface area is 147 Å². The first-order valence-electron chi connectivity index (χ1n) is 7.18. The minimum atomic E-state index is -4.02. The zero-order chi connectivity index (χ0) is 19.3. The lowest BCUT2D eigenvalue weighted by Crippen LogP contribution is -2.11. The van der Waals surface area contributed by atoms with Gasteiger partial charge < -0.3 is 0 Å². The highest BCUT2D eigenvalue weighted by Gasteiger charge is 2.12. The van der Waals surface area contributed by atoms with Crippen LogP contribution in [0.4, 0.5) is 17.6 Å². The standard InChI is InChI=1S/C18H12F4O3S/c19-14-4-1-12(17(21)9-14)3-6-16(23)11-26(24,25)8-7-13-2-5-15(20)10-18(13)22/h1-10H,11H2/b6-3-,8-7-. The first-order valence-corrected chi connectivity index (χ1v) is 8.90. The number of allylic oxidation sites excluding steroid dienone is 1. The summed E-state index contributed by atoms with van der Waals surface area (Å²) >= 11 is 0. The second-order valence-electron chi connectivity index (χ2n) is 5.24. The second-order valence-corrected chi connectivity index (χ2v) is 7.13. The Balaban J connectivity index is 2.07. The molecule has 0 amide bonds. The van der Waals surface area contributed by atoms with Crippen molar-refractivity contribution in [1.82, 2.24) is 0 Å². The molecule has 2 aromatic rings. The van der Waals surface area contributed by atoms with Crippen LogP contribution in [0.2, 0.25) is 0 Å². The monoisotopic (exact) mass is 384 g/mol. The lowest BCUT2D eigenvalue weighted by molar-refractivity contribution is -0.112. The predicted octanol–water partition coefficient (Wildman–Crippen LogP) is 3.91. The molecule has 0 aromatic heterocycles. The molecule has 0 spiro atoms. The molecule has 0 bridgehead atoms. The third kappa shape index (κ3) is 5.66. The Morgan fingerprint density at radius 1 is 0.846 bits per heavy atom. The highest BCUT2D eigenvalue weighted by Crippen LogP contribution is 2.13. The zero-order valence-corrected chi connectivity index (χ0v) is 13.9. The molecule has 0 aliphatic heterocycles. The van der Waals surface area contributed by atoms with Gasteiger partial charge in [0.05, 0.1) is 0 Å². The maximum Gasteiger partial charge on any atom is 0.179 e. The van der Waals surface area contributed by atoms with Crippen molar-refractivity contribution in [3.63, 3.8) is 0 Å². The summed E-state index contributed by atoms with van der Waals surface area (Å²) in [5.74, 6) is -5.22. The van der Waals surface area contributed by atoms with Gasteiger partial charge in [0.2, 0.25) is 0 Å². The predicted molar refractivity (Wildman–Crippen MR) is 89.6 cm³/mol. The molecule has 0 aliphatic rings. The Hall–Kier alpha value is -2.74. The molecule has 2 aromatic carbocycles. The van der Waals surface area contributed by atoms with Crippen molar-refractivity contribution in [2.45, 2.75) is 0 Å². The topological polar surface area (TPSA) is 51.2 Å². The molecule has 0 aliphatic carbocycles. The summed E-state index contributed by atoms with van der Waals surface area (Å²) in [6.45, 7) is 0. The van der Waals surface area contributed by atoms with Crippen LogP contribution in [0.5, 0.6) is 0 Å². The average molecular weight is 384 g/mol. The number of hydrogen-bond donors (Lipinski definition) is 0. The van der Waals surface area contributed by atoms with E-state index in [2.05, 4.69) is 0 Å². The van der Waals surface area contributed by atoms with Crippen LogP contribution in [0.15, 0.2) is 47.9 Å². The minimum Gasteiger partial charge on any atom is -0.294 e. The molecule has 0 heterocycles. The molecule has 0 N–H and O–H groups in total. The SMILES string of the molecule is O=C(/C=C\c1ccc(F)cc1F)CS(=O)(=O)/C=C\c1ccc(F)cc1F. The van der Waals surface area contributed by atoms with Gasteiger partial charge in [0.25, 0.3) is 0 Å². The Morgan fingerprint density at radius 3 is 1.85 bits per heavy atom. The van der Waals surface area contributed by atoms with E-state index in [0.29, 0.717) is 17.5 Å². The van der Waals surface area contributed by atoms with Crippen LogP contribution in [0.25, 0.3) is 12.2 Å². The van der Waals surface area contributed by atoms with Gasteiger partial charge in [0, 0.05) is 28.7 Å². The Kier molecular flexibility index (Phi) is 6.10. The summed E-state index contributed by atoms with van der Waals surface area (Å²) in [7, 11) is -4.02. The van der Waals surface area contributed by atoms with Gasteiger partial charge in [0.15, 0.2) is 15.6 Å². The second kappa shape index (κ2) is 8.09. The van der Waals surface area contributed by atoms with E-state index in [0.717, 1.165) is 42.5 Å². The van der Waals surface area contributed by atoms with Gasteiger partial charge in [-0.05, 0) is 42.5 Å². The van der Waals surface area contributed by atoms with Gasteiger partial charge in [0.1, 0.15) is 29.0 Å². The molecule has 0 fully saturated rings. The molecular weight excluding hydrogens is 372 g/mol. The van der Waals surface area contributed by atoms with Gasteiger partial charge in [-0.1, -0.05) is 0 Å². The van der Waals surface area contributed by atoms with Crippen LogP contribution in [0.3, 0.4) is 0 Å². The first kappa shape index (κ1) is 19.6. The molecule has 3 nitrogen and oxygen atoms in total. The number of sulfone groups is 1. The molecule has 0 unspecified atom stereocenters. The van der Waals surface area contributed by atoms with Crippen molar-refractivity contribution in [3.8, 4) is 0 Å². The summed E-state index contributed by atoms with van der Waals surface area (Å²) in [6, 6.07) is 5.32. The quantitative estimate of drug-likeness (QED) is 0.561. The van der Waals surface area contributed by atoms with E-state index >= 15 is 0 Å². The van der Waals surface area contributed by atoms with Gasteiger partial charge in [-0.15, -0.1) is 0 Å². The van der Waals surface area contributed by atoms with Gasteiger partial charge in [-0.2, -0.15) is 0 Å². The third-order valence-electron chi connectivity index (χ3n) is 3.17. The zero-order valence-electron chi connectivity index (χ0n) is 13.1. The summed E-state index contributed by atoms with van der Waals surface area (Å²) < 4.78 is 76.1. The molecule has 0 radical (unpaired) electrons. The van der Waals surface area contributed by atoms with E-state index < -0.39 is 44.6 Å². The van der Waals surface area contributed by atoms with Crippen LogP contribution >= 0.6 is 0 Å². The van der Waals surface area contributed by atoms with Crippen molar-refractivity contribution in [3.05, 3.63) is 82.3 Å². The van der Waals surface area contributed by atoms with Crippen LogP contribution < -0.4 is 0 Å². The lowest BCUT2D eigenvalue weighted by atomic mass is 10.2. The lowest BCUT2D eigenvalue weighted by Gasteiger charge is -1.99. The van der Waals surface area contributed by atoms with Crippen molar-refractivity contribution in [2.24, 2.45) is 0 Å². The van der Waals surface area contributed by atoms with E-state index in [-0.39, 0.29) is 11.1 Å². The highest BCUT2D eigenvalue weighted by molar-refractivity contribution is 7.95. The van der Waals surface area contributed by atoms with Crippen LogP contribution in [-0.4, -0.2) is 20.0 Å². The molecule has 2 rings (SSSR count). The summed E-state index contributed by atoms with van der Waals surface area (Å²) in [4.78, 5) is 11.7. The van der Waals surface area contributed by atoms with Crippen LogP contribution in [-0.2, 0) is 14.6 Å². The van der Waals surface area contributed by atoms with Crippen LogP contribution in [0.1, 0.15) is 11.1 Å². The summed E-state index contributed by atoms with van der Waals surface area (Å²) in [5, 5.41) is 0.632. The number of benzene rings is 2. The van der Waals surface area contributed by atoms with E-state index in [4.69, 9.17) is 0 Å². The van der Waals surface area contributed by atoms with E-state index in [1.165, 1.54) is 0 Å². The summed E-state index contributed by atoms with van der Waals surface area (Å²) in [5.41, 5.74) is -0.243. The molecule has 136 valence electrons. The Morgan fingerprint density at radius 2 is 1.35 bits per heavy atom. The fraction of sp³-hybridized carbons (Fsp3) is 0.0556. The van der Waals surface area contributed by atoms with Crippen molar-refractivity contribution in [2.75, 3.05) is 5.75 Å². The maximum absolute atomic E-state index is 13.4. The highest BCUT2D eigenvalue weighted by atomic mass is 32.2. The molecule has 0 saturated carbocycles. The molecule has 0 atom stereocenters. The molecule has 0 saturated heterocycles. The normalized spacial score (nSPS) is 12.2. The van der Waals surface area contributed by atoms with Gasteiger partial charge >= 0.3 is 0 Å². The Bertz CT molecular complexity index is 995. The summed E-state index contributed by atoms with van der Waals surface area (Å²) in [6.07, 6.45) is 2.77. The third-order valence-corrected chi connectivity index (χ3v) is 4.41. The fourth-order valence-corrected chi connectivity index (χ4v) is 2.87. The first-order chi connectivity index (χ1) is 12.2. The number of ketones is 1. The number of rotatable bonds is 6. The molecule has 8 heteroatoms. The average Bonchev–Trinajstić information content (AvgIpc) is 2.52. The van der Waals surface area contributed by atoms with Crippen molar-refractivity contribution in [1.29, 1.82) is 0 Å². The van der Waals surface area contributed by atoms with E-state index in [9.17, 15) is 30.8 Å². The smallest absolute Gasteiger partial charge is 0.179 e. The number of carbonyl (C=O) groups excluding carboxylic acids is 1. The van der Waals surface area contributed by atoms with Gasteiger partial charge in [-0.25, -0.2) is 26.0 Å². The molecule has 26 heavy (non-hydrogen) atoms. The van der Waals surface area contributed by atoms with E-state index in [1.807, 2.05) is 0 Å². The van der Waals surface area contributed by atoms with Gasteiger partial charge in [-0.3, -0.25) is 4.79 Å². The van der Waals surface area contributed by atoms with Crippen LogP contribution in [0, 0.1) is 23.3 Å².